The summed E-state index contributed by atoms with van der Waals surface area (Å²) in [4.78, 5) is 25.7. The van der Waals surface area contributed by atoms with Crippen molar-refractivity contribution in [3.8, 4) is 11.8 Å². The number of para-hydroxylation sites is 1. The molecule has 2 aromatic carbocycles. The number of hydrogen-bond acceptors (Lipinski definition) is 6. The molecule has 0 spiro atoms. The van der Waals surface area contributed by atoms with E-state index >= 15 is 0 Å². The molecule has 2 amide bonds. The van der Waals surface area contributed by atoms with Crippen molar-refractivity contribution in [1.82, 2.24) is 5.43 Å². The number of hydrazone groups is 1. The van der Waals surface area contributed by atoms with Gasteiger partial charge in [-0.2, -0.15) is 10.4 Å². The van der Waals surface area contributed by atoms with E-state index in [1.54, 1.807) is 24.3 Å². The monoisotopic (exact) mass is 492 g/mol. The van der Waals surface area contributed by atoms with Gasteiger partial charge in [0.25, 0.3) is 0 Å². The molecule has 1 aliphatic carbocycles. The molecule has 0 fully saturated rings. The predicted octanol–water partition coefficient (Wildman–Crippen LogP) is 4.82. The number of halogens is 1. The summed E-state index contributed by atoms with van der Waals surface area (Å²) < 4.78 is 5.86. The van der Waals surface area contributed by atoms with Crippen molar-refractivity contribution in [3.63, 3.8) is 0 Å². The van der Waals surface area contributed by atoms with Crippen LogP contribution in [0, 0.1) is 11.3 Å². The minimum Gasteiger partial charge on any atom is -0.488 e. The highest BCUT2D eigenvalue weighted by Crippen LogP contribution is 2.37. The fraction of sp³-hybridized carbons (Fsp3) is 0.200. The molecule has 3 aromatic rings. The minimum absolute atomic E-state index is 0.336. The summed E-state index contributed by atoms with van der Waals surface area (Å²) in [6, 6.07) is 16.7. The lowest BCUT2D eigenvalue weighted by molar-refractivity contribution is -0.136. The molecule has 9 heteroatoms. The minimum atomic E-state index is -0.925. The van der Waals surface area contributed by atoms with Crippen LogP contribution in [-0.4, -0.2) is 18.0 Å². The molecule has 1 aromatic heterocycles. The second-order valence-electron chi connectivity index (χ2n) is 7.63. The summed E-state index contributed by atoms with van der Waals surface area (Å²) in [6.07, 6.45) is 5.20. The van der Waals surface area contributed by atoms with Crippen molar-refractivity contribution in [2.24, 2.45) is 5.10 Å². The van der Waals surface area contributed by atoms with Crippen LogP contribution in [0.25, 0.3) is 0 Å². The summed E-state index contributed by atoms with van der Waals surface area (Å²) >= 11 is 7.27. The quantitative estimate of drug-likeness (QED) is 0.292. The molecule has 0 aliphatic heterocycles. The molecule has 0 radical (unpaired) electrons. The number of nitriles is 1. The lowest BCUT2D eigenvalue weighted by atomic mass is 9.96. The number of nitrogens with one attached hydrogen (secondary N) is 2. The number of ether oxygens (including phenoxy) is 1. The SMILES string of the molecule is N#Cc1c(NC(=O)C(=O)N/N=C/c2ccccc2OCc2ccc(Cl)cc2)sc2c1CCCC2. The van der Waals surface area contributed by atoms with E-state index in [1.807, 2.05) is 24.3 Å². The van der Waals surface area contributed by atoms with Gasteiger partial charge in [0.05, 0.1) is 11.8 Å². The van der Waals surface area contributed by atoms with Gasteiger partial charge in [0.1, 0.15) is 23.4 Å². The Kier molecular flexibility index (Phi) is 7.58. The summed E-state index contributed by atoms with van der Waals surface area (Å²) in [5.41, 5.74) is 5.26. The molecule has 1 heterocycles. The molecule has 7 nitrogen and oxygen atoms in total. The number of thiophene rings is 1. The second kappa shape index (κ2) is 11.0. The van der Waals surface area contributed by atoms with Crippen molar-refractivity contribution in [1.29, 1.82) is 5.26 Å². The van der Waals surface area contributed by atoms with Crippen LogP contribution in [0.5, 0.6) is 5.75 Å². The first-order chi connectivity index (χ1) is 16.5. The second-order valence-corrected chi connectivity index (χ2v) is 9.17. The Hall–Kier alpha value is -3.67. The summed E-state index contributed by atoms with van der Waals surface area (Å²) in [7, 11) is 0. The zero-order chi connectivity index (χ0) is 23.9. The Balaban J connectivity index is 1.36. The first-order valence-corrected chi connectivity index (χ1v) is 11.9. The topological polar surface area (TPSA) is 104 Å². The van der Waals surface area contributed by atoms with Gasteiger partial charge in [0, 0.05) is 15.5 Å². The molecule has 0 atom stereocenters. The fourth-order valence-electron chi connectivity index (χ4n) is 3.60. The largest absolute Gasteiger partial charge is 0.488 e. The van der Waals surface area contributed by atoms with Gasteiger partial charge < -0.3 is 10.1 Å². The van der Waals surface area contributed by atoms with E-state index in [9.17, 15) is 14.9 Å². The van der Waals surface area contributed by atoms with Gasteiger partial charge in [0.15, 0.2) is 0 Å². The van der Waals surface area contributed by atoms with Crippen LogP contribution in [0.2, 0.25) is 5.02 Å². The molecule has 172 valence electrons. The average Bonchev–Trinajstić information content (AvgIpc) is 3.21. The third kappa shape index (κ3) is 5.63. The zero-order valence-electron chi connectivity index (χ0n) is 18.1. The molecule has 34 heavy (non-hydrogen) atoms. The van der Waals surface area contributed by atoms with E-state index in [1.165, 1.54) is 17.6 Å². The molecule has 0 saturated carbocycles. The number of amides is 2. The van der Waals surface area contributed by atoms with Gasteiger partial charge in [-0.3, -0.25) is 9.59 Å². The van der Waals surface area contributed by atoms with Gasteiger partial charge in [-0.15, -0.1) is 11.3 Å². The third-order valence-corrected chi connectivity index (χ3v) is 6.77. The molecule has 0 unspecified atom stereocenters. The maximum absolute atomic E-state index is 12.4. The number of carbonyl (C=O) groups is 2. The van der Waals surface area contributed by atoms with Crippen molar-refractivity contribution >= 4 is 46.0 Å². The fourth-order valence-corrected chi connectivity index (χ4v) is 4.96. The molecule has 4 rings (SSSR count). The number of rotatable bonds is 6. The van der Waals surface area contributed by atoms with Crippen LogP contribution in [0.4, 0.5) is 5.00 Å². The number of carbonyl (C=O) groups excluding carboxylic acids is 2. The van der Waals surface area contributed by atoms with Gasteiger partial charge in [-0.05, 0) is 61.1 Å². The van der Waals surface area contributed by atoms with Crippen LogP contribution >= 0.6 is 22.9 Å². The van der Waals surface area contributed by atoms with Gasteiger partial charge in [-0.25, -0.2) is 5.43 Å². The molecular formula is C25H21ClN4O3S. The van der Waals surface area contributed by atoms with E-state index in [4.69, 9.17) is 16.3 Å². The van der Waals surface area contributed by atoms with E-state index < -0.39 is 11.8 Å². The molecule has 0 bridgehead atoms. The van der Waals surface area contributed by atoms with E-state index in [0.717, 1.165) is 41.7 Å². The lowest BCUT2D eigenvalue weighted by Crippen LogP contribution is -2.32. The van der Waals surface area contributed by atoms with Gasteiger partial charge in [-0.1, -0.05) is 35.9 Å². The number of benzene rings is 2. The lowest BCUT2D eigenvalue weighted by Gasteiger charge is -2.09. The summed E-state index contributed by atoms with van der Waals surface area (Å²) in [6.45, 7) is 0.336. The van der Waals surface area contributed by atoms with E-state index in [0.29, 0.717) is 33.5 Å². The number of aryl methyl sites for hydroxylation is 1. The maximum atomic E-state index is 12.4. The van der Waals surface area contributed by atoms with Crippen LogP contribution < -0.4 is 15.5 Å². The Morgan fingerprint density at radius 2 is 1.88 bits per heavy atom. The van der Waals surface area contributed by atoms with Crippen LogP contribution in [-0.2, 0) is 29.0 Å². The van der Waals surface area contributed by atoms with Gasteiger partial charge >= 0.3 is 11.8 Å². The smallest absolute Gasteiger partial charge is 0.329 e. The Labute approximate surface area is 206 Å². The molecule has 2 N–H and O–H groups in total. The number of hydrogen-bond donors (Lipinski definition) is 2. The van der Waals surface area contributed by atoms with E-state index in [2.05, 4.69) is 21.9 Å². The number of anilines is 1. The highest BCUT2D eigenvalue weighted by Gasteiger charge is 2.23. The standard InChI is InChI=1S/C25H21ClN4O3S/c26-18-11-9-16(10-12-18)15-33-21-7-3-1-5-17(21)14-28-30-24(32)23(31)29-25-20(13-27)19-6-2-4-8-22(19)34-25/h1,3,5,7,9-12,14H,2,4,6,8,15H2,(H,29,31)(H,30,32)/b28-14+. The molecule has 0 saturated heterocycles. The highest BCUT2D eigenvalue weighted by molar-refractivity contribution is 7.16. The van der Waals surface area contributed by atoms with E-state index in [-0.39, 0.29) is 0 Å². The number of fused-ring (bicyclic) bond motifs is 1. The molecular weight excluding hydrogens is 472 g/mol. The van der Waals surface area contributed by atoms with Crippen LogP contribution in [0.1, 0.15) is 40.0 Å². The Morgan fingerprint density at radius 1 is 1.12 bits per heavy atom. The van der Waals surface area contributed by atoms with Crippen LogP contribution in [0.3, 0.4) is 0 Å². The van der Waals surface area contributed by atoms with Crippen LogP contribution in [0.15, 0.2) is 53.6 Å². The average molecular weight is 493 g/mol. The Bertz CT molecular complexity index is 1280. The highest BCUT2D eigenvalue weighted by atomic mass is 35.5. The third-order valence-electron chi connectivity index (χ3n) is 5.31. The van der Waals surface area contributed by atoms with Gasteiger partial charge in [0.2, 0.25) is 0 Å². The zero-order valence-corrected chi connectivity index (χ0v) is 19.7. The predicted molar refractivity (Wildman–Crippen MR) is 132 cm³/mol. The van der Waals surface area contributed by atoms with Crippen molar-refractivity contribution in [3.05, 3.63) is 80.7 Å². The first kappa shape index (κ1) is 23.5. The molecule has 1 aliphatic rings. The summed E-state index contributed by atoms with van der Waals surface area (Å²) in [5, 5.41) is 17.0. The maximum Gasteiger partial charge on any atom is 0.329 e. The van der Waals surface area contributed by atoms with Crippen molar-refractivity contribution < 1.29 is 14.3 Å². The van der Waals surface area contributed by atoms with Crippen molar-refractivity contribution in [2.45, 2.75) is 32.3 Å². The van der Waals surface area contributed by atoms with Crippen molar-refractivity contribution in [2.75, 3.05) is 5.32 Å². The summed E-state index contributed by atoms with van der Waals surface area (Å²) in [5.74, 6) is -1.23. The number of nitrogens with zero attached hydrogens (tertiary/aromatic N) is 2. The Morgan fingerprint density at radius 3 is 2.68 bits per heavy atom. The first-order valence-electron chi connectivity index (χ1n) is 10.7. The normalized spacial score (nSPS) is 12.6.